The van der Waals surface area contributed by atoms with Crippen LogP contribution in [-0.4, -0.2) is 33.5 Å². The lowest BCUT2D eigenvalue weighted by molar-refractivity contribution is -0.203. The highest BCUT2D eigenvalue weighted by molar-refractivity contribution is 5.66. The van der Waals surface area contributed by atoms with Gasteiger partial charge >= 0.3 is 5.97 Å². The van der Waals surface area contributed by atoms with Crippen LogP contribution in [0.25, 0.3) is 0 Å². The Morgan fingerprint density at radius 1 is 1.10 bits per heavy atom. The van der Waals surface area contributed by atoms with E-state index in [2.05, 4.69) is 20.8 Å². The van der Waals surface area contributed by atoms with Crippen LogP contribution in [0.2, 0.25) is 0 Å². The third kappa shape index (κ3) is 3.36. The molecule has 4 fully saturated rings. The Bertz CT molecular complexity index is 785. The second-order valence-corrected chi connectivity index (χ2v) is 11.7. The quantitative estimate of drug-likeness (QED) is 0.573. The first-order valence-corrected chi connectivity index (χ1v) is 12.2. The summed E-state index contributed by atoms with van der Waals surface area (Å²) in [5.74, 6) is -1.02. The van der Waals surface area contributed by atoms with Crippen molar-refractivity contribution in [2.45, 2.75) is 104 Å². The number of carboxylic acid groups (broad SMARTS) is 1. The average Bonchev–Trinajstić information content (AvgIpc) is 3.07. The first-order chi connectivity index (χ1) is 15.6. The maximum absolute atomic E-state index is 12.0. The summed E-state index contributed by atoms with van der Waals surface area (Å²) in [5.41, 5.74) is -0.253. The van der Waals surface area contributed by atoms with E-state index < -0.39 is 30.9 Å². The van der Waals surface area contributed by atoms with Crippen LogP contribution in [0, 0.1) is 52.3 Å². The Balaban J connectivity index is 1.70. The van der Waals surface area contributed by atoms with Crippen LogP contribution >= 0.6 is 0 Å². The standard InChI is InChI=1S/C26H44O4/c1-5-17-21-14-16(27)10-12-26(21,4)20-11-13-25(3)18(15(2)6-9-22(28)29)7-8-19(25)23(20)24(17)30/h15-21,23-24,27,30H,5-14H2,1-4H3,(H,28,29)/t15-,16-,17-,18?,19?,20?,21+,23?,24-,25-,26-/m1/s1/i1D3,24D. The Kier molecular flexibility index (Phi) is 4.81. The second-order valence-electron chi connectivity index (χ2n) is 11.7. The van der Waals surface area contributed by atoms with E-state index in [4.69, 9.17) is 4.11 Å². The molecule has 0 spiro atoms. The number of aliphatic carboxylic acids is 1. The summed E-state index contributed by atoms with van der Waals surface area (Å²) in [4.78, 5) is 11.2. The highest BCUT2D eigenvalue weighted by Gasteiger charge is 2.64. The van der Waals surface area contributed by atoms with E-state index in [1.165, 1.54) is 0 Å². The van der Waals surface area contributed by atoms with Gasteiger partial charge in [-0.2, -0.15) is 0 Å². The minimum Gasteiger partial charge on any atom is -0.481 e. The number of aliphatic hydroxyl groups is 2. The van der Waals surface area contributed by atoms with Crippen LogP contribution in [-0.2, 0) is 4.79 Å². The van der Waals surface area contributed by atoms with Gasteiger partial charge in [-0.15, -0.1) is 0 Å². The molecule has 4 rings (SSSR count). The number of carboxylic acids is 1. The van der Waals surface area contributed by atoms with Gasteiger partial charge in [0.05, 0.1) is 13.6 Å². The molecule has 0 aliphatic heterocycles. The van der Waals surface area contributed by atoms with Gasteiger partial charge in [0.25, 0.3) is 0 Å². The van der Waals surface area contributed by atoms with Crippen LogP contribution in [0.4, 0.5) is 0 Å². The zero-order chi connectivity index (χ0) is 25.3. The van der Waals surface area contributed by atoms with E-state index in [0.717, 1.165) is 32.1 Å². The van der Waals surface area contributed by atoms with E-state index in [0.29, 0.717) is 25.2 Å². The molecule has 3 N–H and O–H groups in total. The molecular formula is C26H44O4. The van der Waals surface area contributed by atoms with Crippen molar-refractivity contribution < 1.29 is 25.6 Å². The highest BCUT2D eigenvalue weighted by atomic mass is 16.4. The minimum atomic E-state index is -2.24. The lowest BCUT2D eigenvalue weighted by Gasteiger charge is -2.64. The molecule has 4 aliphatic carbocycles. The monoisotopic (exact) mass is 424 g/mol. The number of hydrogen-bond acceptors (Lipinski definition) is 3. The van der Waals surface area contributed by atoms with Gasteiger partial charge in [0.15, 0.2) is 0 Å². The van der Waals surface area contributed by atoms with Crippen molar-refractivity contribution in [3.63, 3.8) is 0 Å². The number of carbonyl (C=O) groups is 1. The molecule has 4 heteroatoms. The molecule has 4 saturated carbocycles. The van der Waals surface area contributed by atoms with E-state index >= 15 is 0 Å². The zero-order valence-corrected chi connectivity index (χ0v) is 18.9. The van der Waals surface area contributed by atoms with E-state index in [1.807, 2.05) is 0 Å². The van der Waals surface area contributed by atoms with Crippen LogP contribution in [0.3, 0.4) is 0 Å². The minimum absolute atomic E-state index is 0.0734. The first-order valence-electron chi connectivity index (χ1n) is 14.2. The fourth-order valence-corrected chi connectivity index (χ4v) is 8.95. The fraction of sp³-hybridized carbons (Fsp3) is 0.962. The number of fused-ring (bicyclic) bond motifs is 5. The van der Waals surface area contributed by atoms with E-state index in [-0.39, 0.29) is 53.3 Å². The summed E-state index contributed by atoms with van der Waals surface area (Å²) in [5, 5.41) is 31.6. The topological polar surface area (TPSA) is 77.8 Å². The molecule has 0 radical (unpaired) electrons. The smallest absolute Gasteiger partial charge is 0.303 e. The molecule has 172 valence electrons. The maximum Gasteiger partial charge on any atom is 0.303 e. The Morgan fingerprint density at radius 3 is 2.50 bits per heavy atom. The third-order valence-electron chi connectivity index (χ3n) is 10.5. The average molecular weight is 425 g/mol. The number of aliphatic hydroxyl groups excluding tert-OH is 1. The van der Waals surface area contributed by atoms with Crippen molar-refractivity contribution in [1.29, 1.82) is 0 Å². The zero-order valence-electron chi connectivity index (χ0n) is 22.9. The normalized spacial score (nSPS) is 56.4. The van der Waals surface area contributed by atoms with Gasteiger partial charge in [-0.3, -0.25) is 4.79 Å². The molecule has 4 unspecified atom stereocenters. The van der Waals surface area contributed by atoms with E-state index in [9.17, 15) is 21.5 Å². The Hall–Kier alpha value is -0.610. The summed E-state index contributed by atoms with van der Waals surface area (Å²) >= 11 is 0. The van der Waals surface area contributed by atoms with Crippen molar-refractivity contribution in [2.24, 2.45) is 52.3 Å². The lowest BCUT2D eigenvalue weighted by atomic mass is 9.41. The van der Waals surface area contributed by atoms with Gasteiger partial charge in [0, 0.05) is 10.5 Å². The van der Waals surface area contributed by atoms with Crippen LogP contribution < -0.4 is 0 Å². The molecular weight excluding hydrogens is 376 g/mol. The second kappa shape index (κ2) is 8.06. The van der Waals surface area contributed by atoms with Crippen molar-refractivity contribution >= 4 is 5.97 Å². The molecule has 0 bridgehead atoms. The SMILES string of the molecule is [2H]C([2H])([2H])C[C@@H]1[C@@H]2C[C@H](O)CC[C@]2(C)C2CC[C@@]3(C)C(CCC3[C@H](C)CCC(=O)O)C2[C@]1([2H])O. The largest absolute Gasteiger partial charge is 0.481 e. The Morgan fingerprint density at radius 2 is 1.80 bits per heavy atom. The molecule has 4 nitrogen and oxygen atoms in total. The predicted molar refractivity (Wildman–Crippen MR) is 118 cm³/mol. The van der Waals surface area contributed by atoms with Gasteiger partial charge in [-0.05, 0) is 104 Å². The summed E-state index contributed by atoms with van der Waals surface area (Å²) in [6, 6.07) is 0. The van der Waals surface area contributed by atoms with Crippen molar-refractivity contribution in [1.82, 2.24) is 0 Å². The number of rotatable bonds is 5. The van der Waals surface area contributed by atoms with Crippen LogP contribution in [0.15, 0.2) is 0 Å². The Labute approximate surface area is 188 Å². The summed E-state index contributed by atoms with van der Waals surface area (Å²) in [6.07, 6.45) is 4.06. The molecule has 0 aromatic heterocycles. The summed E-state index contributed by atoms with van der Waals surface area (Å²) in [6.45, 7) is 4.44. The molecule has 0 saturated heterocycles. The third-order valence-corrected chi connectivity index (χ3v) is 10.5. The molecule has 0 heterocycles. The maximum atomic E-state index is 12.0. The van der Waals surface area contributed by atoms with Gasteiger partial charge in [-0.25, -0.2) is 0 Å². The van der Waals surface area contributed by atoms with Crippen molar-refractivity contribution in [2.75, 3.05) is 0 Å². The van der Waals surface area contributed by atoms with Crippen molar-refractivity contribution in [3.8, 4) is 0 Å². The van der Waals surface area contributed by atoms with Gasteiger partial charge in [0.2, 0.25) is 0 Å². The molecule has 0 aromatic carbocycles. The molecule has 0 aromatic rings. The molecule has 0 amide bonds. The first kappa shape index (κ1) is 17.9. The van der Waals surface area contributed by atoms with Gasteiger partial charge in [0.1, 0.15) is 0 Å². The summed E-state index contributed by atoms with van der Waals surface area (Å²) in [7, 11) is 0. The molecule has 11 atom stereocenters. The summed E-state index contributed by atoms with van der Waals surface area (Å²) < 4.78 is 33.3. The predicted octanol–water partition coefficient (Wildman–Crippen LogP) is 5.11. The van der Waals surface area contributed by atoms with Crippen molar-refractivity contribution in [3.05, 3.63) is 0 Å². The van der Waals surface area contributed by atoms with Gasteiger partial charge in [-0.1, -0.05) is 34.0 Å². The van der Waals surface area contributed by atoms with Crippen LogP contribution in [0.5, 0.6) is 0 Å². The van der Waals surface area contributed by atoms with Crippen LogP contribution in [0.1, 0.15) is 97.3 Å². The number of hydrogen-bond donors (Lipinski definition) is 3. The fourth-order valence-electron chi connectivity index (χ4n) is 8.95. The van der Waals surface area contributed by atoms with Gasteiger partial charge < -0.3 is 15.3 Å². The highest BCUT2D eigenvalue weighted by Crippen LogP contribution is 2.69. The van der Waals surface area contributed by atoms with E-state index in [1.54, 1.807) is 0 Å². The molecule has 30 heavy (non-hydrogen) atoms. The lowest BCUT2D eigenvalue weighted by Crippen LogP contribution is -2.62. The molecule has 4 aliphatic rings.